The van der Waals surface area contributed by atoms with Crippen LogP contribution in [0.2, 0.25) is 19.6 Å². The molecule has 1 aromatic rings. The van der Waals surface area contributed by atoms with Crippen molar-refractivity contribution in [3.63, 3.8) is 0 Å². The van der Waals surface area contributed by atoms with E-state index in [0.717, 1.165) is 4.88 Å². The zero-order chi connectivity index (χ0) is 13.6. The van der Waals surface area contributed by atoms with Gasteiger partial charge in [0.05, 0.1) is 4.88 Å². The quantitative estimate of drug-likeness (QED) is 0.866. The molecule has 0 radical (unpaired) electrons. The maximum absolute atomic E-state index is 12.5. The van der Waals surface area contributed by atoms with Gasteiger partial charge in [-0.2, -0.15) is 0 Å². The molecule has 6 heteroatoms. The number of thiophene rings is 1. The molecule has 1 aliphatic rings. The zero-order valence-corrected chi connectivity index (χ0v) is 12.8. The van der Waals surface area contributed by atoms with Crippen LogP contribution in [0.1, 0.15) is 11.8 Å². The number of rotatable bonds is 3. The molecule has 98 valence electrons. The second-order valence-corrected chi connectivity index (χ2v) is 10.7. The molecule has 0 spiro atoms. The Morgan fingerprint density at radius 1 is 1.44 bits per heavy atom. The summed E-state index contributed by atoms with van der Waals surface area (Å²) in [7, 11) is -1.89. The first kappa shape index (κ1) is 13.2. The molecule has 1 aliphatic heterocycles. The molecule has 0 saturated heterocycles. The van der Waals surface area contributed by atoms with Crippen LogP contribution in [-0.4, -0.2) is 14.1 Å². The molecule has 18 heavy (non-hydrogen) atoms. The number of carbonyl (C=O) groups excluding carboxylic acids is 1. The molecule has 0 saturated carbocycles. The molecule has 2 N–H and O–H groups in total. The molecule has 0 aliphatic carbocycles. The highest BCUT2D eigenvalue weighted by atomic mass is 32.1. The van der Waals surface area contributed by atoms with Gasteiger partial charge in [0.15, 0.2) is 0 Å². The summed E-state index contributed by atoms with van der Waals surface area (Å²) in [6.07, 6.45) is 0. The second kappa shape index (κ2) is 4.13. The first-order chi connectivity index (χ1) is 8.24. The molecule has 4 nitrogen and oxygen atoms in total. The maximum atomic E-state index is 12.5. The van der Waals surface area contributed by atoms with Crippen LogP contribution >= 0.6 is 11.3 Å². The van der Waals surface area contributed by atoms with Crippen LogP contribution in [-0.2, 0) is 19.6 Å². The first-order valence-corrected chi connectivity index (χ1v) is 9.99. The van der Waals surface area contributed by atoms with Crippen LogP contribution in [0.3, 0.4) is 0 Å². The topological polar surface area (TPSA) is 61.6 Å². The van der Waals surface area contributed by atoms with Crippen LogP contribution in [0.5, 0.6) is 0 Å². The highest BCUT2D eigenvalue weighted by Crippen LogP contribution is 2.40. The number of ketones is 1. The average molecular weight is 283 g/mol. The summed E-state index contributed by atoms with van der Waals surface area (Å²) in [5.74, 6) is 0.0910. The van der Waals surface area contributed by atoms with Gasteiger partial charge in [-0.25, -0.2) is 0 Å². The Morgan fingerprint density at radius 2 is 2.11 bits per heavy atom. The molecule has 1 atom stereocenters. The normalized spacial score (nSPS) is 24.3. The van der Waals surface area contributed by atoms with Gasteiger partial charge in [-0.3, -0.25) is 4.79 Å². The van der Waals surface area contributed by atoms with Crippen molar-refractivity contribution >= 4 is 25.4 Å². The third-order valence-electron chi connectivity index (χ3n) is 2.58. The lowest BCUT2D eigenvalue weighted by Crippen LogP contribution is -2.33. The fourth-order valence-corrected chi connectivity index (χ4v) is 3.38. The van der Waals surface area contributed by atoms with Crippen LogP contribution in [0, 0.1) is 0 Å². The Balaban J connectivity index is 2.32. The highest BCUT2D eigenvalue weighted by molar-refractivity contribution is 7.10. The lowest BCUT2D eigenvalue weighted by molar-refractivity contribution is -0.131. The number of nitrogens with two attached hydrogens (primary N) is 1. The van der Waals surface area contributed by atoms with E-state index in [2.05, 4.69) is 0 Å². The van der Waals surface area contributed by atoms with Gasteiger partial charge < -0.3 is 14.9 Å². The number of Topliss-reactive ketones (excluding diaryl/α,β-unsaturated/α-hetero) is 1. The van der Waals surface area contributed by atoms with E-state index < -0.39 is 13.9 Å². The average Bonchev–Trinajstić information content (AvgIpc) is 2.82. The van der Waals surface area contributed by atoms with Crippen LogP contribution in [0.4, 0.5) is 0 Å². The van der Waals surface area contributed by atoms with E-state index >= 15 is 0 Å². The standard InChI is InChI=1S/C12H17NO3SSi/c1-12(8-6-5-7-17-8)10(14)9(11(13)15-12)16-18(2,3)4/h5-7H,13H2,1-4H3. The summed E-state index contributed by atoms with van der Waals surface area (Å²) in [4.78, 5) is 13.3. The van der Waals surface area contributed by atoms with Crippen molar-refractivity contribution in [3.05, 3.63) is 34.0 Å². The van der Waals surface area contributed by atoms with E-state index in [0.29, 0.717) is 0 Å². The summed E-state index contributed by atoms with van der Waals surface area (Å²) in [5, 5.41) is 1.91. The highest BCUT2D eigenvalue weighted by Gasteiger charge is 2.49. The molecular weight excluding hydrogens is 266 g/mol. The zero-order valence-electron chi connectivity index (χ0n) is 10.9. The third-order valence-corrected chi connectivity index (χ3v) is 4.47. The van der Waals surface area contributed by atoms with Crippen molar-refractivity contribution in [2.24, 2.45) is 5.73 Å². The fourth-order valence-electron chi connectivity index (χ4n) is 1.76. The van der Waals surface area contributed by atoms with Gasteiger partial charge in [0.25, 0.3) is 0 Å². The van der Waals surface area contributed by atoms with Crippen molar-refractivity contribution in [2.45, 2.75) is 32.2 Å². The first-order valence-electron chi connectivity index (χ1n) is 5.70. The third kappa shape index (κ3) is 2.17. The summed E-state index contributed by atoms with van der Waals surface area (Å²) in [6, 6.07) is 3.75. The molecule has 0 fully saturated rings. The Kier molecular flexibility index (Phi) is 3.02. The predicted molar refractivity (Wildman–Crippen MR) is 73.4 cm³/mol. The summed E-state index contributed by atoms with van der Waals surface area (Å²) in [5.41, 5.74) is 4.76. The van der Waals surface area contributed by atoms with E-state index in [1.807, 2.05) is 37.2 Å². The van der Waals surface area contributed by atoms with E-state index in [9.17, 15) is 4.79 Å². The number of hydrogen-bond donors (Lipinski definition) is 1. The van der Waals surface area contributed by atoms with Crippen LogP contribution < -0.4 is 5.73 Å². The van der Waals surface area contributed by atoms with E-state index in [-0.39, 0.29) is 17.4 Å². The van der Waals surface area contributed by atoms with Crippen molar-refractivity contribution in [1.82, 2.24) is 0 Å². The Bertz CT molecular complexity index is 504. The van der Waals surface area contributed by atoms with Crippen molar-refractivity contribution in [1.29, 1.82) is 0 Å². The molecule has 2 rings (SSSR count). The van der Waals surface area contributed by atoms with Crippen LogP contribution in [0.25, 0.3) is 0 Å². The van der Waals surface area contributed by atoms with Gasteiger partial charge in [0.1, 0.15) is 0 Å². The van der Waals surface area contributed by atoms with Gasteiger partial charge >= 0.3 is 0 Å². The van der Waals surface area contributed by atoms with Crippen molar-refractivity contribution < 1.29 is 14.0 Å². The minimum absolute atomic E-state index is 0.0957. The number of carbonyl (C=O) groups is 1. The fraction of sp³-hybridized carbons (Fsp3) is 0.417. The molecule has 0 amide bonds. The summed E-state index contributed by atoms with van der Waals surface area (Å²) >= 11 is 1.47. The molecule has 1 unspecified atom stereocenters. The van der Waals surface area contributed by atoms with Gasteiger partial charge in [-0.15, -0.1) is 11.3 Å². The molecule has 1 aromatic heterocycles. The monoisotopic (exact) mass is 283 g/mol. The lowest BCUT2D eigenvalue weighted by Gasteiger charge is -2.22. The largest absolute Gasteiger partial charge is 0.538 e. The van der Waals surface area contributed by atoms with Gasteiger partial charge in [-0.1, -0.05) is 6.07 Å². The van der Waals surface area contributed by atoms with E-state index in [1.165, 1.54) is 11.3 Å². The number of ether oxygens (including phenoxy) is 1. The Hall–Kier alpha value is -1.27. The minimum Gasteiger partial charge on any atom is -0.538 e. The smallest absolute Gasteiger partial charge is 0.250 e. The number of hydrogen-bond acceptors (Lipinski definition) is 5. The lowest BCUT2D eigenvalue weighted by atomic mass is 9.99. The Labute approximate surface area is 112 Å². The van der Waals surface area contributed by atoms with E-state index in [4.69, 9.17) is 14.9 Å². The van der Waals surface area contributed by atoms with Crippen molar-refractivity contribution in [2.75, 3.05) is 0 Å². The molecule has 0 bridgehead atoms. The molecule has 0 aromatic carbocycles. The molecule has 2 heterocycles. The SMILES string of the molecule is CC1(c2cccs2)OC(N)=C(O[Si](C)(C)C)C1=O. The van der Waals surface area contributed by atoms with Crippen molar-refractivity contribution in [3.8, 4) is 0 Å². The predicted octanol–water partition coefficient (Wildman–Crippen LogP) is 2.54. The Morgan fingerprint density at radius 3 is 2.61 bits per heavy atom. The summed E-state index contributed by atoms with van der Waals surface area (Å²) < 4.78 is 11.3. The second-order valence-electron chi connectivity index (χ2n) is 5.35. The summed E-state index contributed by atoms with van der Waals surface area (Å²) in [6.45, 7) is 7.73. The van der Waals surface area contributed by atoms with Gasteiger partial charge in [-0.05, 0) is 38.0 Å². The molecular formula is C12H17NO3SSi. The maximum Gasteiger partial charge on any atom is 0.250 e. The van der Waals surface area contributed by atoms with Gasteiger partial charge in [0.2, 0.25) is 31.3 Å². The van der Waals surface area contributed by atoms with Gasteiger partial charge in [0, 0.05) is 0 Å². The van der Waals surface area contributed by atoms with E-state index in [1.54, 1.807) is 6.92 Å². The van der Waals surface area contributed by atoms with Crippen LogP contribution in [0.15, 0.2) is 29.2 Å². The minimum atomic E-state index is -1.89.